The van der Waals surface area contributed by atoms with Crippen LogP contribution < -0.4 is 11.1 Å². The lowest BCUT2D eigenvalue weighted by Gasteiger charge is -2.13. The number of benzene rings is 1. The molecule has 3 nitrogen and oxygen atoms in total. The number of rotatable bonds is 3. The predicted molar refractivity (Wildman–Crippen MR) is 78.3 cm³/mol. The number of nitrogens with two attached hydrogens (primary N) is 1. The second-order valence-corrected chi connectivity index (χ2v) is 6.12. The molecule has 98 valence electrons. The molecule has 0 aliphatic heterocycles. The van der Waals surface area contributed by atoms with Crippen LogP contribution in [0.2, 0.25) is 5.02 Å². The molecule has 1 aromatic rings. The van der Waals surface area contributed by atoms with E-state index in [2.05, 4.69) is 11.6 Å². The normalized spacial score (nSPS) is 23.0. The summed E-state index contributed by atoms with van der Waals surface area (Å²) in [6.07, 6.45) is 5.40. The van der Waals surface area contributed by atoms with Crippen molar-refractivity contribution in [3.63, 3.8) is 0 Å². The summed E-state index contributed by atoms with van der Waals surface area (Å²) < 4.78 is 0. The largest absolute Gasteiger partial charge is 0.398 e. The fraction of sp³-hybridized carbons (Fsp3) is 0.462. The summed E-state index contributed by atoms with van der Waals surface area (Å²) >= 11 is 7.79. The van der Waals surface area contributed by atoms with Crippen molar-refractivity contribution in [3.05, 3.63) is 28.8 Å². The summed E-state index contributed by atoms with van der Waals surface area (Å²) in [6.45, 7) is 0. The Bertz CT molecular complexity index is 453. The monoisotopic (exact) mass is 284 g/mol. The molecule has 0 aromatic heterocycles. The van der Waals surface area contributed by atoms with E-state index >= 15 is 0 Å². The lowest BCUT2D eigenvalue weighted by atomic mass is 10.1. The molecule has 1 fully saturated rings. The number of amides is 1. The Morgan fingerprint density at radius 2 is 2.28 bits per heavy atom. The number of nitrogen functional groups attached to an aromatic ring is 1. The highest BCUT2D eigenvalue weighted by Crippen LogP contribution is 2.28. The Labute approximate surface area is 116 Å². The summed E-state index contributed by atoms with van der Waals surface area (Å²) in [7, 11) is 0. The molecule has 5 heteroatoms. The lowest BCUT2D eigenvalue weighted by molar-refractivity contribution is 0.0938. The summed E-state index contributed by atoms with van der Waals surface area (Å²) in [6, 6.07) is 5.27. The van der Waals surface area contributed by atoms with Gasteiger partial charge in [0.15, 0.2) is 0 Å². The molecule has 1 aliphatic carbocycles. The minimum atomic E-state index is -0.0661. The van der Waals surface area contributed by atoms with Crippen LogP contribution in [0.25, 0.3) is 0 Å². The van der Waals surface area contributed by atoms with Crippen LogP contribution in [-0.2, 0) is 0 Å². The van der Waals surface area contributed by atoms with Crippen LogP contribution in [0.1, 0.15) is 29.6 Å². The number of nitrogens with one attached hydrogen (secondary N) is 1. The second kappa shape index (κ2) is 5.85. The van der Waals surface area contributed by atoms with Crippen molar-refractivity contribution < 1.29 is 4.79 Å². The molecule has 2 unspecified atom stereocenters. The van der Waals surface area contributed by atoms with Crippen molar-refractivity contribution in [1.82, 2.24) is 5.32 Å². The minimum absolute atomic E-state index is 0.0661. The maximum Gasteiger partial charge on any atom is 0.251 e. The smallest absolute Gasteiger partial charge is 0.251 e. The Kier molecular flexibility index (Phi) is 4.40. The van der Waals surface area contributed by atoms with E-state index in [4.69, 9.17) is 17.3 Å². The number of anilines is 1. The Hall–Kier alpha value is -0.870. The molecular weight excluding hydrogens is 268 g/mol. The fourth-order valence-corrected chi connectivity index (χ4v) is 3.20. The van der Waals surface area contributed by atoms with Crippen molar-refractivity contribution in [2.45, 2.75) is 30.6 Å². The zero-order chi connectivity index (χ0) is 13.1. The molecule has 2 rings (SSSR count). The quantitative estimate of drug-likeness (QED) is 0.839. The van der Waals surface area contributed by atoms with Crippen LogP contribution in [0, 0.1) is 0 Å². The summed E-state index contributed by atoms with van der Waals surface area (Å²) in [5.41, 5.74) is 6.69. The number of thioether (sulfide) groups is 1. The SMILES string of the molecule is CSC1CCC(NC(=O)c2ccc(N)c(Cl)c2)C1. The van der Waals surface area contributed by atoms with Gasteiger partial charge in [-0.3, -0.25) is 4.79 Å². The Morgan fingerprint density at radius 3 is 2.89 bits per heavy atom. The van der Waals surface area contributed by atoms with Gasteiger partial charge in [-0.05, 0) is 43.7 Å². The maximum atomic E-state index is 12.0. The van der Waals surface area contributed by atoms with Gasteiger partial charge in [-0.2, -0.15) is 11.8 Å². The third kappa shape index (κ3) is 3.12. The Morgan fingerprint density at radius 1 is 1.50 bits per heavy atom. The second-order valence-electron chi connectivity index (χ2n) is 4.58. The van der Waals surface area contributed by atoms with Crippen molar-refractivity contribution in [2.75, 3.05) is 12.0 Å². The first-order chi connectivity index (χ1) is 8.60. The lowest BCUT2D eigenvalue weighted by Crippen LogP contribution is -2.33. The topological polar surface area (TPSA) is 55.1 Å². The molecule has 0 saturated heterocycles. The van der Waals surface area contributed by atoms with Crippen LogP contribution >= 0.6 is 23.4 Å². The number of carbonyl (C=O) groups is 1. The highest BCUT2D eigenvalue weighted by atomic mass is 35.5. The van der Waals surface area contributed by atoms with Crippen molar-refractivity contribution >= 4 is 35.0 Å². The van der Waals surface area contributed by atoms with E-state index in [9.17, 15) is 4.79 Å². The molecule has 1 saturated carbocycles. The summed E-state index contributed by atoms with van der Waals surface area (Å²) in [4.78, 5) is 12.0. The number of hydrogen-bond donors (Lipinski definition) is 2. The highest BCUT2D eigenvalue weighted by molar-refractivity contribution is 7.99. The van der Waals surface area contributed by atoms with Crippen LogP contribution in [0.15, 0.2) is 18.2 Å². The van der Waals surface area contributed by atoms with Gasteiger partial charge in [-0.1, -0.05) is 11.6 Å². The van der Waals surface area contributed by atoms with E-state index in [-0.39, 0.29) is 11.9 Å². The Balaban J connectivity index is 1.97. The molecule has 0 heterocycles. The third-order valence-corrected chi connectivity index (χ3v) is 4.74. The highest BCUT2D eigenvalue weighted by Gasteiger charge is 2.25. The van der Waals surface area contributed by atoms with Gasteiger partial charge in [0.2, 0.25) is 0 Å². The van der Waals surface area contributed by atoms with Gasteiger partial charge in [0.05, 0.1) is 10.7 Å². The standard InChI is InChI=1S/C13H17ClN2OS/c1-18-10-4-3-9(7-10)16-13(17)8-2-5-12(15)11(14)6-8/h2,5-6,9-10H,3-4,7,15H2,1H3,(H,16,17). The zero-order valence-corrected chi connectivity index (χ0v) is 11.9. The van der Waals surface area contributed by atoms with Crippen LogP contribution in [0.3, 0.4) is 0 Å². The van der Waals surface area contributed by atoms with Crippen molar-refractivity contribution in [3.8, 4) is 0 Å². The minimum Gasteiger partial charge on any atom is -0.398 e. The average Bonchev–Trinajstić information content (AvgIpc) is 2.80. The molecule has 3 N–H and O–H groups in total. The third-order valence-electron chi connectivity index (χ3n) is 3.32. The molecule has 0 bridgehead atoms. The van der Waals surface area contributed by atoms with Crippen LogP contribution in [0.5, 0.6) is 0 Å². The molecule has 1 amide bonds. The first-order valence-corrected chi connectivity index (χ1v) is 7.65. The van der Waals surface area contributed by atoms with Crippen LogP contribution in [-0.4, -0.2) is 23.5 Å². The predicted octanol–water partition coefficient (Wildman–Crippen LogP) is 2.94. The zero-order valence-electron chi connectivity index (χ0n) is 10.3. The van der Waals surface area contributed by atoms with Gasteiger partial charge in [0.1, 0.15) is 0 Å². The van der Waals surface area contributed by atoms with Gasteiger partial charge in [0.25, 0.3) is 5.91 Å². The van der Waals surface area contributed by atoms with E-state index in [0.717, 1.165) is 12.8 Å². The van der Waals surface area contributed by atoms with Gasteiger partial charge in [0, 0.05) is 16.9 Å². The van der Waals surface area contributed by atoms with Crippen LogP contribution in [0.4, 0.5) is 5.69 Å². The molecule has 0 spiro atoms. The van der Waals surface area contributed by atoms with E-state index in [1.807, 2.05) is 11.8 Å². The number of halogens is 1. The van der Waals surface area contributed by atoms with E-state index in [1.54, 1.807) is 18.2 Å². The van der Waals surface area contributed by atoms with Gasteiger partial charge < -0.3 is 11.1 Å². The van der Waals surface area contributed by atoms with E-state index in [0.29, 0.717) is 21.5 Å². The molecule has 18 heavy (non-hydrogen) atoms. The first-order valence-electron chi connectivity index (χ1n) is 5.99. The van der Waals surface area contributed by atoms with E-state index < -0.39 is 0 Å². The maximum absolute atomic E-state index is 12.0. The molecule has 2 atom stereocenters. The molecule has 1 aliphatic rings. The molecule has 1 aromatic carbocycles. The molecule has 0 radical (unpaired) electrons. The molecular formula is C13H17ClN2OS. The number of hydrogen-bond acceptors (Lipinski definition) is 3. The van der Waals surface area contributed by atoms with Gasteiger partial charge in [-0.25, -0.2) is 0 Å². The van der Waals surface area contributed by atoms with Gasteiger partial charge in [-0.15, -0.1) is 0 Å². The van der Waals surface area contributed by atoms with E-state index in [1.165, 1.54) is 6.42 Å². The number of carbonyl (C=O) groups excluding carboxylic acids is 1. The first kappa shape index (κ1) is 13.6. The fourth-order valence-electron chi connectivity index (χ4n) is 2.22. The summed E-state index contributed by atoms with van der Waals surface area (Å²) in [5, 5.41) is 4.15. The van der Waals surface area contributed by atoms with Crippen molar-refractivity contribution in [2.24, 2.45) is 0 Å². The van der Waals surface area contributed by atoms with Gasteiger partial charge >= 0.3 is 0 Å². The van der Waals surface area contributed by atoms with Crippen molar-refractivity contribution in [1.29, 1.82) is 0 Å². The average molecular weight is 285 g/mol. The summed E-state index contributed by atoms with van der Waals surface area (Å²) in [5.74, 6) is -0.0661.